The Balaban J connectivity index is 2.00. The summed E-state index contributed by atoms with van der Waals surface area (Å²) in [6, 6.07) is 6.44. The summed E-state index contributed by atoms with van der Waals surface area (Å²) in [6.45, 7) is 1.94. The summed E-state index contributed by atoms with van der Waals surface area (Å²) in [7, 11) is 0. The molecule has 0 fully saturated rings. The Kier molecular flexibility index (Phi) is 3.57. The van der Waals surface area contributed by atoms with Crippen molar-refractivity contribution in [3.63, 3.8) is 0 Å². The molecule has 0 bridgehead atoms. The Bertz CT molecular complexity index is 679. The first-order valence-corrected chi connectivity index (χ1v) is 6.97. The Morgan fingerprint density at radius 3 is 2.48 bits per heavy atom. The minimum atomic E-state index is -1.02. The molecule has 0 radical (unpaired) electrons. The number of rotatable bonds is 2. The smallest absolute Gasteiger partial charge is 0.134 e. The average molecular weight is 313 g/mol. The lowest BCUT2D eigenvalue weighted by atomic mass is 9.99. The minimum Gasteiger partial charge on any atom is -0.490 e. The summed E-state index contributed by atoms with van der Waals surface area (Å²) in [5.41, 5.74) is 1.16. The lowest BCUT2D eigenvalue weighted by Crippen LogP contribution is -2.05. The molecule has 2 atom stereocenters. The zero-order chi connectivity index (χ0) is 15.1. The molecule has 21 heavy (non-hydrogen) atoms. The summed E-state index contributed by atoms with van der Waals surface area (Å²) in [5.74, 6) is -2.18. The van der Waals surface area contributed by atoms with E-state index in [1.807, 2.05) is 6.92 Å². The minimum absolute atomic E-state index is 0.0725. The van der Waals surface area contributed by atoms with Crippen LogP contribution in [0.4, 0.5) is 13.2 Å². The Labute approximate surface area is 125 Å². The maximum Gasteiger partial charge on any atom is 0.134 e. The van der Waals surface area contributed by atoms with E-state index in [4.69, 9.17) is 16.3 Å². The highest BCUT2D eigenvalue weighted by molar-refractivity contribution is 6.22. The van der Waals surface area contributed by atoms with Gasteiger partial charge < -0.3 is 4.74 Å². The molecule has 2 unspecified atom stereocenters. The highest BCUT2D eigenvalue weighted by Gasteiger charge is 2.24. The molecule has 0 saturated carbocycles. The van der Waals surface area contributed by atoms with Crippen molar-refractivity contribution < 1.29 is 17.9 Å². The van der Waals surface area contributed by atoms with Crippen molar-refractivity contribution in [1.82, 2.24) is 0 Å². The van der Waals surface area contributed by atoms with Gasteiger partial charge in [0.2, 0.25) is 0 Å². The number of fused-ring (bicyclic) bond motifs is 1. The average Bonchev–Trinajstić information content (AvgIpc) is 2.76. The molecule has 0 spiro atoms. The third-order valence-electron chi connectivity index (χ3n) is 3.51. The van der Waals surface area contributed by atoms with Gasteiger partial charge in [0.15, 0.2) is 0 Å². The molecule has 2 aromatic carbocycles. The number of hydrogen-bond acceptors (Lipinski definition) is 1. The third kappa shape index (κ3) is 2.60. The van der Waals surface area contributed by atoms with E-state index >= 15 is 0 Å². The monoisotopic (exact) mass is 312 g/mol. The van der Waals surface area contributed by atoms with Gasteiger partial charge in [-0.15, -0.1) is 11.6 Å². The van der Waals surface area contributed by atoms with Crippen LogP contribution >= 0.6 is 11.6 Å². The second kappa shape index (κ2) is 5.26. The molecule has 0 aliphatic carbocycles. The highest BCUT2D eigenvalue weighted by atomic mass is 35.5. The number of hydrogen-bond donors (Lipinski definition) is 0. The highest BCUT2D eigenvalue weighted by Crippen LogP contribution is 2.37. The van der Waals surface area contributed by atoms with Gasteiger partial charge >= 0.3 is 0 Å². The Morgan fingerprint density at radius 1 is 1.14 bits per heavy atom. The van der Waals surface area contributed by atoms with Crippen LogP contribution < -0.4 is 4.74 Å². The van der Waals surface area contributed by atoms with Crippen LogP contribution in [-0.4, -0.2) is 6.10 Å². The van der Waals surface area contributed by atoms with E-state index in [1.54, 1.807) is 18.2 Å². The summed E-state index contributed by atoms with van der Waals surface area (Å²) in [4.78, 5) is 0. The first-order valence-electron chi connectivity index (χ1n) is 6.53. The van der Waals surface area contributed by atoms with Crippen molar-refractivity contribution in [1.29, 1.82) is 0 Å². The summed E-state index contributed by atoms with van der Waals surface area (Å²) in [6.07, 6.45) is 0.796. The molecule has 0 saturated heterocycles. The van der Waals surface area contributed by atoms with E-state index in [1.165, 1.54) is 0 Å². The molecule has 2 aromatic rings. The van der Waals surface area contributed by atoms with Crippen LogP contribution in [0.5, 0.6) is 5.75 Å². The Hall–Kier alpha value is -1.68. The number of ether oxygens (including phenoxy) is 1. The zero-order valence-corrected chi connectivity index (χ0v) is 11.9. The van der Waals surface area contributed by atoms with E-state index in [0.29, 0.717) is 17.7 Å². The normalized spacial score (nSPS) is 18.2. The summed E-state index contributed by atoms with van der Waals surface area (Å²) < 4.78 is 46.1. The van der Waals surface area contributed by atoms with E-state index in [9.17, 15) is 13.2 Å². The van der Waals surface area contributed by atoms with Crippen LogP contribution in [-0.2, 0) is 6.42 Å². The first kappa shape index (κ1) is 14.3. The van der Waals surface area contributed by atoms with E-state index in [0.717, 1.165) is 17.7 Å². The van der Waals surface area contributed by atoms with Crippen molar-refractivity contribution in [2.24, 2.45) is 0 Å². The molecule has 1 aliphatic heterocycles. The molecular weight excluding hydrogens is 301 g/mol. The standard InChI is InChI=1S/C16H12ClF3O/c1-8-4-10-5-9(2-3-14(10)21-8)16(17)15-12(19)6-11(18)7-13(15)20/h2-3,5-8,16H,4H2,1H3. The van der Waals surface area contributed by atoms with Crippen LogP contribution in [0.2, 0.25) is 0 Å². The zero-order valence-electron chi connectivity index (χ0n) is 11.2. The molecule has 0 aromatic heterocycles. The van der Waals surface area contributed by atoms with E-state index in [2.05, 4.69) is 0 Å². The Morgan fingerprint density at radius 2 is 1.81 bits per heavy atom. The molecule has 0 N–H and O–H groups in total. The molecular formula is C16H12ClF3O. The molecule has 1 aliphatic rings. The van der Waals surface area contributed by atoms with Gasteiger partial charge in [-0.05, 0) is 24.1 Å². The van der Waals surface area contributed by atoms with Crippen LogP contribution in [0, 0.1) is 17.5 Å². The van der Waals surface area contributed by atoms with E-state index in [-0.39, 0.29) is 11.7 Å². The lowest BCUT2D eigenvalue weighted by molar-refractivity contribution is 0.254. The first-order chi connectivity index (χ1) is 9.95. The third-order valence-corrected chi connectivity index (χ3v) is 3.98. The second-order valence-corrected chi connectivity index (χ2v) is 5.58. The topological polar surface area (TPSA) is 9.23 Å². The van der Waals surface area contributed by atoms with Crippen molar-refractivity contribution in [2.45, 2.75) is 24.8 Å². The lowest BCUT2D eigenvalue weighted by Gasteiger charge is -2.13. The van der Waals surface area contributed by atoms with Gasteiger partial charge in [0, 0.05) is 24.1 Å². The van der Waals surface area contributed by atoms with E-state index < -0.39 is 22.8 Å². The molecule has 1 nitrogen and oxygen atoms in total. The maximum absolute atomic E-state index is 13.8. The predicted octanol–water partition coefficient (Wildman–Crippen LogP) is 4.76. The van der Waals surface area contributed by atoms with Crippen molar-refractivity contribution in [3.05, 3.63) is 64.5 Å². The second-order valence-electron chi connectivity index (χ2n) is 5.15. The fourth-order valence-electron chi connectivity index (χ4n) is 2.56. The van der Waals surface area contributed by atoms with Gasteiger partial charge in [-0.1, -0.05) is 12.1 Å². The van der Waals surface area contributed by atoms with Gasteiger partial charge in [0.25, 0.3) is 0 Å². The molecule has 5 heteroatoms. The molecule has 0 amide bonds. The van der Waals surface area contributed by atoms with Crippen molar-refractivity contribution in [3.8, 4) is 5.75 Å². The predicted molar refractivity (Wildman–Crippen MR) is 74.2 cm³/mol. The molecule has 110 valence electrons. The quantitative estimate of drug-likeness (QED) is 0.727. The van der Waals surface area contributed by atoms with Gasteiger partial charge in [-0.25, -0.2) is 13.2 Å². The summed E-state index contributed by atoms with van der Waals surface area (Å²) >= 11 is 6.19. The molecule has 3 rings (SSSR count). The van der Waals surface area contributed by atoms with Crippen LogP contribution in [0.25, 0.3) is 0 Å². The fraction of sp³-hybridized carbons (Fsp3) is 0.250. The van der Waals surface area contributed by atoms with Gasteiger partial charge in [-0.2, -0.15) is 0 Å². The van der Waals surface area contributed by atoms with Gasteiger partial charge in [-0.3, -0.25) is 0 Å². The van der Waals surface area contributed by atoms with Gasteiger partial charge in [0.05, 0.1) is 5.38 Å². The summed E-state index contributed by atoms with van der Waals surface area (Å²) in [5, 5.41) is -1.02. The van der Waals surface area contributed by atoms with Gasteiger partial charge in [0.1, 0.15) is 29.3 Å². The van der Waals surface area contributed by atoms with Crippen LogP contribution in [0.15, 0.2) is 30.3 Å². The van der Waals surface area contributed by atoms with Crippen molar-refractivity contribution >= 4 is 11.6 Å². The largest absolute Gasteiger partial charge is 0.490 e. The number of halogens is 4. The SMILES string of the molecule is CC1Cc2cc(C(Cl)c3c(F)cc(F)cc3F)ccc2O1. The molecule has 1 heterocycles. The number of alkyl halides is 1. The van der Waals surface area contributed by atoms with Crippen LogP contribution in [0.3, 0.4) is 0 Å². The number of benzene rings is 2. The maximum atomic E-state index is 13.8. The fourth-order valence-corrected chi connectivity index (χ4v) is 2.91. The van der Waals surface area contributed by atoms with Crippen molar-refractivity contribution in [2.75, 3.05) is 0 Å². The van der Waals surface area contributed by atoms with Crippen LogP contribution in [0.1, 0.15) is 29.0 Å².